The van der Waals surface area contributed by atoms with Gasteiger partial charge in [-0.1, -0.05) is 36.4 Å². The highest BCUT2D eigenvalue weighted by atomic mass is 32.2. The Bertz CT molecular complexity index is 1170. The van der Waals surface area contributed by atoms with Crippen molar-refractivity contribution in [1.29, 1.82) is 0 Å². The van der Waals surface area contributed by atoms with E-state index in [-0.39, 0.29) is 16.8 Å². The van der Waals surface area contributed by atoms with Crippen LogP contribution in [0.25, 0.3) is 0 Å². The molecular formula is C24H26N2O4S. The average molecular weight is 439 g/mol. The van der Waals surface area contributed by atoms with Crippen LogP contribution in [0.1, 0.15) is 34.5 Å². The quantitative estimate of drug-likeness (QED) is 0.596. The number of hydrogen-bond acceptors (Lipinski definition) is 4. The molecule has 0 saturated carbocycles. The van der Waals surface area contributed by atoms with E-state index in [1.54, 1.807) is 24.3 Å². The van der Waals surface area contributed by atoms with Crippen LogP contribution in [-0.4, -0.2) is 28.5 Å². The summed E-state index contributed by atoms with van der Waals surface area (Å²) in [6.45, 7) is 3.91. The van der Waals surface area contributed by atoms with Crippen molar-refractivity contribution in [2.24, 2.45) is 0 Å². The Kier molecular flexibility index (Phi) is 6.65. The number of hydrogen-bond donors (Lipinski definition) is 1. The van der Waals surface area contributed by atoms with E-state index in [0.29, 0.717) is 17.0 Å². The largest absolute Gasteiger partial charge is 0.495 e. The average Bonchev–Trinajstić information content (AvgIpc) is 2.78. The summed E-state index contributed by atoms with van der Waals surface area (Å²) in [7, 11) is -0.856. The molecule has 1 amide bonds. The second-order valence-electron chi connectivity index (χ2n) is 7.22. The predicted molar refractivity (Wildman–Crippen MR) is 122 cm³/mol. The van der Waals surface area contributed by atoms with Crippen LogP contribution >= 0.6 is 0 Å². The van der Waals surface area contributed by atoms with Crippen LogP contribution in [-0.2, 0) is 10.0 Å². The molecule has 1 atom stereocenters. The smallest absolute Gasteiger partial charge is 0.264 e. The zero-order valence-corrected chi connectivity index (χ0v) is 18.8. The van der Waals surface area contributed by atoms with Crippen molar-refractivity contribution in [3.63, 3.8) is 0 Å². The number of rotatable bonds is 7. The van der Waals surface area contributed by atoms with E-state index in [1.165, 1.54) is 42.7 Å². The minimum absolute atomic E-state index is 0.0874. The Morgan fingerprint density at radius 1 is 0.968 bits per heavy atom. The Morgan fingerprint density at radius 3 is 2.23 bits per heavy atom. The summed E-state index contributed by atoms with van der Waals surface area (Å²) in [4.78, 5) is 12.7. The third-order valence-corrected chi connectivity index (χ3v) is 6.99. The van der Waals surface area contributed by atoms with E-state index >= 15 is 0 Å². The van der Waals surface area contributed by atoms with Crippen molar-refractivity contribution in [3.8, 4) is 5.75 Å². The molecule has 7 heteroatoms. The van der Waals surface area contributed by atoms with Gasteiger partial charge in [0.25, 0.3) is 15.9 Å². The normalized spacial score (nSPS) is 12.1. The van der Waals surface area contributed by atoms with Crippen molar-refractivity contribution in [3.05, 3.63) is 89.5 Å². The number of methoxy groups -OCH3 is 1. The fraction of sp³-hybridized carbons (Fsp3) is 0.208. The van der Waals surface area contributed by atoms with Crippen molar-refractivity contribution in [2.75, 3.05) is 18.5 Å². The van der Waals surface area contributed by atoms with Gasteiger partial charge in [-0.25, -0.2) is 8.42 Å². The highest BCUT2D eigenvalue weighted by molar-refractivity contribution is 7.92. The third-order valence-electron chi connectivity index (χ3n) is 5.20. The molecule has 0 aromatic heterocycles. The highest BCUT2D eigenvalue weighted by Crippen LogP contribution is 2.31. The molecule has 6 nitrogen and oxygen atoms in total. The van der Waals surface area contributed by atoms with Crippen molar-refractivity contribution >= 4 is 21.6 Å². The highest BCUT2D eigenvalue weighted by Gasteiger charge is 2.24. The van der Waals surface area contributed by atoms with Crippen molar-refractivity contribution in [1.82, 2.24) is 5.32 Å². The summed E-state index contributed by atoms with van der Waals surface area (Å²) in [5, 5.41) is 2.96. The summed E-state index contributed by atoms with van der Waals surface area (Å²) in [6, 6.07) is 20.5. The molecular weight excluding hydrogens is 412 g/mol. The maximum Gasteiger partial charge on any atom is 0.264 e. The lowest BCUT2D eigenvalue weighted by Gasteiger charge is -2.21. The fourth-order valence-corrected chi connectivity index (χ4v) is 4.59. The molecule has 0 aliphatic carbocycles. The Hall–Kier alpha value is -3.32. The zero-order valence-electron chi connectivity index (χ0n) is 18.0. The molecule has 162 valence electrons. The molecule has 0 bridgehead atoms. The first-order valence-corrected chi connectivity index (χ1v) is 11.3. The second kappa shape index (κ2) is 9.22. The van der Waals surface area contributed by atoms with E-state index in [9.17, 15) is 13.2 Å². The number of sulfonamides is 1. The van der Waals surface area contributed by atoms with E-state index in [1.807, 2.05) is 38.1 Å². The minimum atomic E-state index is -3.82. The van der Waals surface area contributed by atoms with Crippen LogP contribution in [0.15, 0.2) is 77.7 Å². The van der Waals surface area contributed by atoms with E-state index in [0.717, 1.165) is 11.1 Å². The van der Waals surface area contributed by atoms with Crippen LogP contribution in [0.4, 0.5) is 5.69 Å². The van der Waals surface area contributed by atoms with Gasteiger partial charge < -0.3 is 10.1 Å². The van der Waals surface area contributed by atoms with Crippen LogP contribution in [0.3, 0.4) is 0 Å². The summed E-state index contributed by atoms with van der Waals surface area (Å²) >= 11 is 0. The van der Waals surface area contributed by atoms with Crippen LogP contribution in [0.5, 0.6) is 5.75 Å². The second-order valence-corrected chi connectivity index (χ2v) is 9.19. The first-order chi connectivity index (χ1) is 14.8. The number of aryl methyl sites for hydroxylation is 1. The van der Waals surface area contributed by atoms with Gasteiger partial charge in [0.1, 0.15) is 5.75 Å². The van der Waals surface area contributed by atoms with Gasteiger partial charge in [0.2, 0.25) is 0 Å². The molecule has 0 aliphatic heterocycles. The topological polar surface area (TPSA) is 75.7 Å². The number of nitrogens with zero attached hydrogens (tertiary/aromatic N) is 1. The number of nitrogens with one attached hydrogen (secondary N) is 1. The number of para-hydroxylation sites is 2. The number of carbonyl (C=O) groups is 1. The van der Waals surface area contributed by atoms with Gasteiger partial charge in [0.05, 0.1) is 23.7 Å². The summed E-state index contributed by atoms with van der Waals surface area (Å²) in [6.07, 6.45) is 0. The Balaban J connectivity index is 1.79. The van der Waals surface area contributed by atoms with Crippen molar-refractivity contribution in [2.45, 2.75) is 24.8 Å². The maximum atomic E-state index is 13.1. The molecule has 0 radical (unpaired) electrons. The first kappa shape index (κ1) is 22.4. The Morgan fingerprint density at radius 2 is 1.58 bits per heavy atom. The van der Waals surface area contributed by atoms with Crippen LogP contribution in [0.2, 0.25) is 0 Å². The lowest BCUT2D eigenvalue weighted by Crippen LogP contribution is -2.28. The minimum Gasteiger partial charge on any atom is -0.495 e. The summed E-state index contributed by atoms with van der Waals surface area (Å²) < 4.78 is 32.5. The van der Waals surface area contributed by atoms with Gasteiger partial charge in [-0.15, -0.1) is 0 Å². The number of ether oxygens (including phenoxy) is 1. The third kappa shape index (κ3) is 4.72. The van der Waals surface area contributed by atoms with E-state index in [4.69, 9.17) is 4.74 Å². The van der Waals surface area contributed by atoms with Crippen LogP contribution in [0, 0.1) is 6.92 Å². The molecule has 0 aliphatic rings. The van der Waals surface area contributed by atoms with Gasteiger partial charge in [0, 0.05) is 12.6 Å². The predicted octanol–water partition coefficient (Wildman–Crippen LogP) is 4.32. The number of benzene rings is 3. The molecule has 3 aromatic carbocycles. The molecule has 1 N–H and O–H groups in total. The molecule has 1 unspecified atom stereocenters. The number of amides is 1. The number of anilines is 1. The maximum absolute atomic E-state index is 13.1. The molecule has 0 heterocycles. The van der Waals surface area contributed by atoms with Crippen LogP contribution < -0.4 is 14.4 Å². The van der Waals surface area contributed by atoms with Gasteiger partial charge in [0.15, 0.2) is 0 Å². The zero-order chi connectivity index (χ0) is 22.6. The van der Waals surface area contributed by atoms with Crippen molar-refractivity contribution < 1.29 is 17.9 Å². The molecule has 0 saturated heterocycles. The SMILES string of the molecule is COc1ccccc1N(C)S(=O)(=O)c1ccc(C(=O)NC(C)c2ccccc2C)cc1. The molecule has 3 aromatic rings. The molecule has 3 rings (SSSR count). The van der Waals surface area contributed by atoms with E-state index in [2.05, 4.69) is 5.32 Å². The van der Waals surface area contributed by atoms with Gasteiger partial charge in [-0.2, -0.15) is 0 Å². The lowest BCUT2D eigenvalue weighted by atomic mass is 10.0. The van der Waals surface area contributed by atoms with Gasteiger partial charge >= 0.3 is 0 Å². The Labute approximate surface area is 183 Å². The standard InChI is InChI=1S/C24H26N2O4S/c1-17-9-5-6-10-21(17)18(2)25-24(27)19-13-15-20(16-14-19)31(28,29)26(3)22-11-7-8-12-23(22)30-4/h5-16,18H,1-4H3,(H,25,27). The van der Waals surface area contributed by atoms with E-state index < -0.39 is 10.0 Å². The summed E-state index contributed by atoms with van der Waals surface area (Å²) in [5.41, 5.74) is 2.95. The molecule has 31 heavy (non-hydrogen) atoms. The van der Waals surface area contributed by atoms with Gasteiger partial charge in [-0.05, 0) is 61.4 Å². The summed E-state index contributed by atoms with van der Waals surface area (Å²) in [5.74, 6) is 0.188. The first-order valence-electron chi connectivity index (χ1n) is 9.84. The lowest BCUT2D eigenvalue weighted by molar-refractivity contribution is 0.0939. The molecule has 0 fully saturated rings. The fourth-order valence-electron chi connectivity index (χ4n) is 3.39. The monoisotopic (exact) mass is 438 g/mol. The molecule has 0 spiro atoms. The van der Waals surface area contributed by atoms with Gasteiger partial charge in [-0.3, -0.25) is 9.10 Å². The number of carbonyl (C=O) groups excluding carboxylic acids is 1.